The number of esters is 2. The van der Waals surface area contributed by atoms with Crippen LogP contribution in [-0.2, 0) is 28.5 Å². The fraction of sp³-hybridized carbons (Fsp3) is 0.769. The van der Waals surface area contributed by atoms with Gasteiger partial charge in [0.05, 0.1) is 5.84 Å². The van der Waals surface area contributed by atoms with Gasteiger partial charge >= 0.3 is 11.9 Å². The summed E-state index contributed by atoms with van der Waals surface area (Å²) >= 11 is 0. The monoisotopic (exact) mass is 300 g/mol. The summed E-state index contributed by atoms with van der Waals surface area (Å²) in [6.45, 7) is 6.17. The second kappa shape index (κ2) is 5.61. The first kappa shape index (κ1) is 15.7. The first-order valence-electron chi connectivity index (χ1n) is 6.71. The smallest absolute Gasteiger partial charge is 0.331 e. The Balaban J connectivity index is 2.17. The highest BCUT2D eigenvalue weighted by Crippen LogP contribution is 2.36. The second-order valence-corrected chi connectivity index (χ2v) is 5.59. The summed E-state index contributed by atoms with van der Waals surface area (Å²) in [7, 11) is 0. The molecule has 0 aliphatic carbocycles. The van der Waals surface area contributed by atoms with Gasteiger partial charge in [0.1, 0.15) is 18.8 Å². The van der Waals surface area contributed by atoms with Gasteiger partial charge in [0, 0.05) is 6.92 Å². The number of hydrogen-bond donors (Lipinski definition) is 2. The highest BCUT2D eigenvalue weighted by atomic mass is 16.8. The fourth-order valence-electron chi connectivity index (χ4n) is 2.49. The highest BCUT2D eigenvalue weighted by Gasteiger charge is 2.56. The van der Waals surface area contributed by atoms with Crippen LogP contribution in [0.5, 0.6) is 0 Å². The molecule has 2 rings (SSSR count). The van der Waals surface area contributed by atoms with E-state index in [2.05, 4.69) is 5.32 Å². The number of amidine groups is 1. The fourth-order valence-corrected chi connectivity index (χ4v) is 2.49. The molecule has 0 aromatic rings. The van der Waals surface area contributed by atoms with Crippen LogP contribution in [0.2, 0.25) is 0 Å². The predicted octanol–water partition coefficient (Wildman–Crippen LogP) is -0.0496. The van der Waals surface area contributed by atoms with Crippen molar-refractivity contribution in [3.63, 3.8) is 0 Å². The molecule has 0 saturated carbocycles. The zero-order valence-corrected chi connectivity index (χ0v) is 12.5. The molecule has 4 atom stereocenters. The molecule has 2 saturated heterocycles. The van der Waals surface area contributed by atoms with Crippen LogP contribution in [0.25, 0.3) is 0 Å². The van der Waals surface area contributed by atoms with Crippen LogP contribution in [0.4, 0.5) is 0 Å². The summed E-state index contributed by atoms with van der Waals surface area (Å²) in [4.78, 5) is 23.0. The quantitative estimate of drug-likeness (QED) is 0.427. The minimum absolute atomic E-state index is 0.0853. The third-order valence-corrected chi connectivity index (χ3v) is 3.20. The average molecular weight is 300 g/mol. The van der Waals surface area contributed by atoms with E-state index in [9.17, 15) is 9.59 Å². The number of nitrogens with one attached hydrogen (secondary N) is 2. The third kappa shape index (κ3) is 3.51. The van der Waals surface area contributed by atoms with Crippen molar-refractivity contribution in [3.05, 3.63) is 0 Å². The largest absolute Gasteiger partial charge is 0.462 e. The van der Waals surface area contributed by atoms with Crippen molar-refractivity contribution >= 4 is 17.8 Å². The Hall–Kier alpha value is -1.67. The molecule has 8 heteroatoms. The predicted molar refractivity (Wildman–Crippen MR) is 70.7 cm³/mol. The first-order chi connectivity index (χ1) is 9.69. The van der Waals surface area contributed by atoms with Crippen LogP contribution in [0.3, 0.4) is 0 Å². The van der Waals surface area contributed by atoms with Crippen LogP contribution in [0.1, 0.15) is 27.7 Å². The molecule has 1 unspecified atom stereocenters. The van der Waals surface area contributed by atoms with E-state index in [0.717, 1.165) is 0 Å². The van der Waals surface area contributed by atoms with E-state index in [4.69, 9.17) is 24.4 Å². The highest BCUT2D eigenvalue weighted by molar-refractivity contribution is 5.86. The number of rotatable bonds is 3. The lowest BCUT2D eigenvalue weighted by molar-refractivity contribution is -0.182. The van der Waals surface area contributed by atoms with E-state index in [1.54, 1.807) is 13.8 Å². The number of fused-ring (bicyclic) bond motifs is 1. The van der Waals surface area contributed by atoms with Crippen LogP contribution in [-0.4, -0.2) is 54.5 Å². The summed E-state index contributed by atoms with van der Waals surface area (Å²) in [5.74, 6) is -1.77. The Bertz CT molecular complexity index is 464. The van der Waals surface area contributed by atoms with E-state index in [1.165, 1.54) is 13.8 Å². The van der Waals surface area contributed by atoms with Gasteiger partial charge in [-0.25, -0.2) is 4.79 Å². The molecular weight excluding hydrogens is 280 g/mol. The minimum atomic E-state index is -0.881. The SMILES string of the molecule is CC(=N)N[C@H]1C(=O)OC(COC(C)=O)[C@@H]2OC(C)(C)O[C@H]12. The van der Waals surface area contributed by atoms with Crippen molar-refractivity contribution in [2.24, 2.45) is 0 Å². The lowest BCUT2D eigenvalue weighted by atomic mass is 9.98. The Morgan fingerprint density at radius 2 is 1.95 bits per heavy atom. The summed E-state index contributed by atoms with van der Waals surface area (Å²) in [5, 5.41) is 10.2. The molecule has 2 heterocycles. The van der Waals surface area contributed by atoms with Crippen molar-refractivity contribution in [1.29, 1.82) is 5.41 Å². The van der Waals surface area contributed by atoms with E-state index >= 15 is 0 Å². The topological polar surface area (TPSA) is 107 Å². The van der Waals surface area contributed by atoms with Crippen LogP contribution in [0.15, 0.2) is 0 Å². The van der Waals surface area contributed by atoms with Crippen molar-refractivity contribution < 1.29 is 28.5 Å². The maximum atomic E-state index is 12.1. The summed E-state index contributed by atoms with van der Waals surface area (Å²) in [6.07, 6.45) is -1.90. The van der Waals surface area contributed by atoms with Crippen molar-refractivity contribution in [2.45, 2.75) is 57.8 Å². The summed E-state index contributed by atoms with van der Waals surface area (Å²) in [5.41, 5.74) is 0. The third-order valence-electron chi connectivity index (χ3n) is 3.20. The Morgan fingerprint density at radius 1 is 1.33 bits per heavy atom. The van der Waals surface area contributed by atoms with E-state index in [1.807, 2.05) is 0 Å². The molecule has 2 fully saturated rings. The lowest BCUT2D eigenvalue weighted by Gasteiger charge is -2.35. The maximum absolute atomic E-state index is 12.1. The molecule has 2 aliphatic heterocycles. The number of carbonyl (C=O) groups excluding carboxylic acids is 2. The Labute approximate surface area is 122 Å². The first-order valence-corrected chi connectivity index (χ1v) is 6.71. The zero-order chi connectivity index (χ0) is 15.8. The van der Waals surface area contributed by atoms with Crippen LogP contribution >= 0.6 is 0 Å². The van der Waals surface area contributed by atoms with Gasteiger partial charge in [-0.15, -0.1) is 0 Å². The standard InChI is InChI=1S/C13H20N2O6/c1-6(14)15-9-11-10(20-13(3,4)21-11)8(19-12(9)17)5-18-7(2)16/h8-11H,5H2,1-4H3,(H2,14,15)/t8?,9-,10+,11-/m1/s1. The molecule has 0 bridgehead atoms. The van der Waals surface area contributed by atoms with Crippen molar-refractivity contribution in [3.8, 4) is 0 Å². The van der Waals surface area contributed by atoms with Gasteiger partial charge in [-0.3, -0.25) is 10.2 Å². The van der Waals surface area contributed by atoms with Gasteiger partial charge in [-0.2, -0.15) is 0 Å². The van der Waals surface area contributed by atoms with Crippen LogP contribution < -0.4 is 5.32 Å². The van der Waals surface area contributed by atoms with Gasteiger partial charge < -0.3 is 24.3 Å². The maximum Gasteiger partial charge on any atom is 0.331 e. The Morgan fingerprint density at radius 3 is 2.52 bits per heavy atom. The second-order valence-electron chi connectivity index (χ2n) is 5.59. The summed E-state index contributed by atoms with van der Waals surface area (Å²) < 4.78 is 21.7. The van der Waals surface area contributed by atoms with Crippen molar-refractivity contribution in [2.75, 3.05) is 6.61 Å². The van der Waals surface area contributed by atoms with E-state index in [-0.39, 0.29) is 12.4 Å². The average Bonchev–Trinajstić information content (AvgIpc) is 2.66. The molecule has 118 valence electrons. The Kier molecular flexibility index (Phi) is 4.20. The minimum Gasteiger partial charge on any atom is -0.462 e. The number of hydrogen-bond acceptors (Lipinski definition) is 7. The molecule has 0 radical (unpaired) electrons. The number of carbonyl (C=O) groups is 2. The number of cyclic esters (lactones) is 1. The van der Waals surface area contributed by atoms with Gasteiger partial charge in [0.2, 0.25) is 0 Å². The zero-order valence-electron chi connectivity index (χ0n) is 12.5. The molecule has 8 nitrogen and oxygen atoms in total. The van der Waals surface area contributed by atoms with Gasteiger partial charge in [0.15, 0.2) is 17.9 Å². The van der Waals surface area contributed by atoms with E-state index < -0.39 is 42.1 Å². The van der Waals surface area contributed by atoms with E-state index in [0.29, 0.717) is 0 Å². The van der Waals surface area contributed by atoms with Crippen LogP contribution in [0, 0.1) is 5.41 Å². The summed E-state index contributed by atoms with van der Waals surface area (Å²) in [6, 6.07) is -0.817. The molecule has 21 heavy (non-hydrogen) atoms. The normalized spacial score (nSPS) is 33.8. The van der Waals surface area contributed by atoms with Gasteiger partial charge in [-0.05, 0) is 20.8 Å². The molecular formula is C13H20N2O6. The molecule has 0 spiro atoms. The molecule has 0 aromatic heterocycles. The lowest BCUT2D eigenvalue weighted by Crippen LogP contribution is -2.61. The molecule has 2 aliphatic rings. The van der Waals surface area contributed by atoms with Crippen molar-refractivity contribution in [1.82, 2.24) is 5.32 Å². The number of ether oxygens (including phenoxy) is 4. The van der Waals surface area contributed by atoms with Gasteiger partial charge in [-0.1, -0.05) is 0 Å². The van der Waals surface area contributed by atoms with Gasteiger partial charge in [0.25, 0.3) is 0 Å². The molecule has 0 aromatic carbocycles. The molecule has 2 N–H and O–H groups in total. The molecule has 0 amide bonds.